The van der Waals surface area contributed by atoms with E-state index in [0.29, 0.717) is 0 Å². The monoisotopic (exact) mass is 111 g/mol. The zero-order valence-corrected chi connectivity index (χ0v) is 4.82. The average molecular weight is 111 g/mol. The highest BCUT2D eigenvalue weighted by molar-refractivity contribution is 7.51. The van der Waals surface area contributed by atoms with Crippen molar-refractivity contribution in [3.8, 4) is 0 Å². The molecule has 0 spiro atoms. The van der Waals surface area contributed by atoms with Gasteiger partial charge in [0, 0.05) is 0 Å². The highest BCUT2D eigenvalue weighted by atomic mass is 32.1. The molecule has 0 aliphatic carbocycles. The van der Waals surface area contributed by atoms with Gasteiger partial charge in [-0.1, -0.05) is 0 Å². The molecule has 4 heteroatoms. The Hall–Kier alpha value is -0.0900. The van der Waals surface area contributed by atoms with Crippen molar-refractivity contribution in [3.63, 3.8) is 0 Å². The molecule has 0 heterocycles. The SMILES string of the molecule is CNC.O=[SH2]=O. The van der Waals surface area contributed by atoms with Gasteiger partial charge in [0.25, 0.3) is 0 Å². The maximum absolute atomic E-state index is 8.40. The molecule has 0 radical (unpaired) electrons. The second kappa shape index (κ2) is 20.6. The van der Waals surface area contributed by atoms with Crippen molar-refractivity contribution in [2.24, 2.45) is 0 Å². The van der Waals surface area contributed by atoms with Gasteiger partial charge in [0.1, 0.15) is 11.6 Å². The van der Waals surface area contributed by atoms with Crippen LogP contribution in [0.2, 0.25) is 0 Å². The third-order valence-corrected chi connectivity index (χ3v) is 0. The minimum atomic E-state index is -1.42. The Bertz CT molecular complexity index is 40.8. The summed E-state index contributed by atoms with van der Waals surface area (Å²) >= 11 is -1.42. The van der Waals surface area contributed by atoms with E-state index in [1.165, 1.54) is 0 Å². The van der Waals surface area contributed by atoms with Gasteiger partial charge in [0.05, 0.1) is 0 Å². The Balaban J connectivity index is 0. The van der Waals surface area contributed by atoms with E-state index in [-0.39, 0.29) is 0 Å². The van der Waals surface area contributed by atoms with E-state index >= 15 is 0 Å². The van der Waals surface area contributed by atoms with Crippen LogP contribution in [-0.4, -0.2) is 22.5 Å². The van der Waals surface area contributed by atoms with Gasteiger partial charge in [-0.2, -0.15) is 0 Å². The summed E-state index contributed by atoms with van der Waals surface area (Å²) in [5.41, 5.74) is 0. The summed E-state index contributed by atoms with van der Waals surface area (Å²) in [6.45, 7) is 0. The Morgan fingerprint density at radius 3 is 1.33 bits per heavy atom. The standard InChI is InChI=1S/C2H7N.H2O2S/c2*1-3-2/h3H,1-2H3;3H2. The van der Waals surface area contributed by atoms with Crippen molar-refractivity contribution < 1.29 is 8.42 Å². The molecule has 3 nitrogen and oxygen atoms in total. The molecule has 0 rings (SSSR count). The van der Waals surface area contributed by atoms with E-state index in [4.69, 9.17) is 8.42 Å². The molecule has 0 fully saturated rings. The normalized spacial score (nSPS) is 5.67. The quantitative estimate of drug-likeness (QED) is 0.419. The maximum atomic E-state index is 8.40. The second-order valence-corrected chi connectivity index (χ2v) is 0.750. The minimum Gasteiger partial charge on any atom is -0.323 e. The first-order valence-electron chi connectivity index (χ1n) is 1.41. The fourth-order valence-corrected chi connectivity index (χ4v) is 0. The second-order valence-electron chi connectivity index (χ2n) is 0.583. The van der Waals surface area contributed by atoms with Gasteiger partial charge in [-0.25, -0.2) is 8.42 Å². The lowest BCUT2D eigenvalue weighted by Crippen LogP contribution is -1.89. The van der Waals surface area contributed by atoms with Crippen LogP contribution in [0, 0.1) is 0 Å². The first-order valence-corrected chi connectivity index (χ1v) is 2.22. The van der Waals surface area contributed by atoms with Crippen molar-refractivity contribution >= 4 is 11.6 Å². The van der Waals surface area contributed by atoms with E-state index in [1.54, 1.807) is 0 Å². The molecule has 0 aliphatic heterocycles. The van der Waals surface area contributed by atoms with E-state index in [9.17, 15) is 0 Å². The van der Waals surface area contributed by atoms with E-state index in [2.05, 4.69) is 5.32 Å². The molecule has 0 saturated carbocycles. The van der Waals surface area contributed by atoms with Crippen LogP contribution >= 0.6 is 0 Å². The summed E-state index contributed by atoms with van der Waals surface area (Å²) in [7, 11) is 3.75. The molecule has 0 aromatic rings. The van der Waals surface area contributed by atoms with E-state index in [1.807, 2.05) is 14.1 Å². The Morgan fingerprint density at radius 1 is 1.33 bits per heavy atom. The molecule has 0 aromatic carbocycles. The molecule has 0 bridgehead atoms. The molecule has 0 amide bonds. The average Bonchev–Trinajstić information content (AvgIpc) is 1.39. The lowest BCUT2D eigenvalue weighted by Gasteiger charge is -1.59. The molecule has 40 valence electrons. The van der Waals surface area contributed by atoms with Gasteiger partial charge >= 0.3 is 0 Å². The van der Waals surface area contributed by atoms with Gasteiger partial charge in [0.15, 0.2) is 0 Å². The Morgan fingerprint density at radius 2 is 1.33 bits per heavy atom. The van der Waals surface area contributed by atoms with Crippen LogP contribution in [0.4, 0.5) is 0 Å². The van der Waals surface area contributed by atoms with Gasteiger partial charge in [0.2, 0.25) is 0 Å². The van der Waals surface area contributed by atoms with Gasteiger partial charge in [-0.05, 0) is 14.1 Å². The van der Waals surface area contributed by atoms with Crippen molar-refractivity contribution in [2.75, 3.05) is 14.1 Å². The van der Waals surface area contributed by atoms with Crippen molar-refractivity contribution in [1.29, 1.82) is 0 Å². The first kappa shape index (κ1) is 9.32. The largest absolute Gasteiger partial charge is 0.323 e. The summed E-state index contributed by atoms with van der Waals surface area (Å²) in [5, 5.41) is 2.75. The highest BCUT2D eigenvalue weighted by Gasteiger charge is 1.25. The van der Waals surface area contributed by atoms with Gasteiger partial charge < -0.3 is 5.32 Å². The van der Waals surface area contributed by atoms with Crippen molar-refractivity contribution in [2.45, 2.75) is 0 Å². The Kier molecular flexibility index (Phi) is 32.0. The van der Waals surface area contributed by atoms with Crippen molar-refractivity contribution in [3.05, 3.63) is 0 Å². The topological polar surface area (TPSA) is 46.2 Å². The van der Waals surface area contributed by atoms with Gasteiger partial charge in [-0.15, -0.1) is 0 Å². The molecule has 0 aromatic heterocycles. The lowest BCUT2D eigenvalue weighted by molar-refractivity contribution is 0.630. The molecular weight excluding hydrogens is 102 g/mol. The number of hydrogen-bond acceptors (Lipinski definition) is 3. The number of hydrogen-bond donors (Lipinski definition) is 1. The fourth-order valence-electron chi connectivity index (χ4n) is 0. The zero-order valence-electron chi connectivity index (χ0n) is 3.82. The summed E-state index contributed by atoms with van der Waals surface area (Å²) < 4.78 is 16.8. The smallest absolute Gasteiger partial charge is 0.129 e. The van der Waals surface area contributed by atoms with E-state index in [0.717, 1.165) is 0 Å². The van der Waals surface area contributed by atoms with Crippen LogP contribution < -0.4 is 5.32 Å². The summed E-state index contributed by atoms with van der Waals surface area (Å²) in [4.78, 5) is 0. The zero-order chi connectivity index (χ0) is 5.41. The van der Waals surface area contributed by atoms with Crippen LogP contribution in [-0.2, 0) is 11.6 Å². The van der Waals surface area contributed by atoms with Crippen LogP contribution in [0.3, 0.4) is 0 Å². The van der Waals surface area contributed by atoms with E-state index < -0.39 is 11.6 Å². The van der Waals surface area contributed by atoms with Crippen molar-refractivity contribution in [1.82, 2.24) is 5.32 Å². The molecule has 0 unspecified atom stereocenters. The molecule has 0 saturated heterocycles. The highest BCUT2D eigenvalue weighted by Crippen LogP contribution is 0.981. The molecular formula is C2H9NO2S. The molecule has 0 aliphatic rings. The molecule has 1 N–H and O–H groups in total. The van der Waals surface area contributed by atoms with Crippen LogP contribution in [0.1, 0.15) is 0 Å². The predicted molar refractivity (Wildman–Crippen MR) is 26.7 cm³/mol. The fraction of sp³-hybridized carbons (Fsp3) is 1.00. The van der Waals surface area contributed by atoms with Crippen LogP contribution in [0.15, 0.2) is 0 Å². The van der Waals surface area contributed by atoms with Gasteiger partial charge in [-0.3, -0.25) is 0 Å². The third kappa shape index (κ3) is 4090. The Labute approximate surface area is 40.3 Å². The molecule has 6 heavy (non-hydrogen) atoms. The molecule has 0 atom stereocenters. The summed E-state index contributed by atoms with van der Waals surface area (Å²) in [6, 6.07) is 0. The number of nitrogens with one attached hydrogen (secondary N) is 1. The summed E-state index contributed by atoms with van der Waals surface area (Å²) in [6.07, 6.45) is 0. The number of rotatable bonds is 0. The summed E-state index contributed by atoms with van der Waals surface area (Å²) in [5.74, 6) is 0. The maximum Gasteiger partial charge on any atom is 0.129 e. The minimum absolute atomic E-state index is 1.42. The predicted octanol–water partition coefficient (Wildman–Crippen LogP) is -1.37. The van der Waals surface area contributed by atoms with Crippen LogP contribution in [0.5, 0.6) is 0 Å². The first-order chi connectivity index (χ1) is 2.83. The van der Waals surface area contributed by atoms with Crippen LogP contribution in [0.25, 0.3) is 0 Å². The lowest BCUT2D eigenvalue weighted by atomic mass is 11.3. The third-order valence-electron chi connectivity index (χ3n) is 0.